The van der Waals surface area contributed by atoms with Gasteiger partial charge in [0.1, 0.15) is 0 Å². The van der Waals surface area contributed by atoms with E-state index in [4.69, 9.17) is 10.5 Å². The van der Waals surface area contributed by atoms with E-state index >= 15 is 0 Å². The zero-order valence-electron chi connectivity index (χ0n) is 11.6. The van der Waals surface area contributed by atoms with Crippen LogP contribution in [0, 0.1) is 0 Å². The zero-order valence-corrected chi connectivity index (χ0v) is 11.6. The molecule has 0 fully saturated rings. The minimum atomic E-state index is -1.28. The van der Waals surface area contributed by atoms with Crippen LogP contribution in [0.5, 0.6) is 17.6 Å². The molecule has 0 saturated heterocycles. The number of amides is 1. The number of hydrogen-bond acceptors (Lipinski definition) is 7. The third-order valence-corrected chi connectivity index (χ3v) is 3.10. The summed E-state index contributed by atoms with van der Waals surface area (Å²) in [6, 6.07) is 10.3. The lowest BCUT2D eigenvalue weighted by molar-refractivity contribution is 0.120. The van der Waals surface area contributed by atoms with Gasteiger partial charge in [0.05, 0.1) is 5.52 Å². The van der Waals surface area contributed by atoms with Gasteiger partial charge < -0.3 is 20.7 Å². The molecular formula is C14H12N4O5. The molecule has 1 amide bonds. The van der Waals surface area contributed by atoms with E-state index in [1.165, 1.54) is 6.07 Å². The summed E-state index contributed by atoms with van der Waals surface area (Å²) < 4.78 is 5.35. The molecule has 0 atom stereocenters. The fourth-order valence-electron chi connectivity index (χ4n) is 2.03. The molecule has 0 aliphatic carbocycles. The van der Waals surface area contributed by atoms with Crippen molar-refractivity contribution in [3.05, 3.63) is 42.5 Å². The van der Waals surface area contributed by atoms with Gasteiger partial charge in [0.2, 0.25) is 17.6 Å². The van der Waals surface area contributed by atoms with Crippen molar-refractivity contribution in [1.29, 1.82) is 0 Å². The summed E-state index contributed by atoms with van der Waals surface area (Å²) >= 11 is 0. The van der Waals surface area contributed by atoms with Crippen LogP contribution in [0.2, 0.25) is 0 Å². The third kappa shape index (κ3) is 2.56. The molecule has 1 aromatic carbocycles. The number of carbonyl (C=O) groups is 1. The molecule has 0 aliphatic heterocycles. The number of ether oxygens (including phenoxy) is 1. The SMILES string of the molecule is Nc1cccc2nc(OC(=O)N(O)n3c(O)ccc3O)ccc12. The zero-order chi connectivity index (χ0) is 16.6. The van der Waals surface area contributed by atoms with Gasteiger partial charge in [-0.05, 0) is 18.2 Å². The van der Waals surface area contributed by atoms with Crippen LogP contribution in [-0.2, 0) is 0 Å². The van der Waals surface area contributed by atoms with Crippen LogP contribution in [0.4, 0.5) is 10.5 Å². The van der Waals surface area contributed by atoms with Gasteiger partial charge in [0, 0.05) is 29.3 Å². The Morgan fingerprint density at radius 2 is 1.83 bits per heavy atom. The first-order valence-electron chi connectivity index (χ1n) is 6.43. The van der Waals surface area contributed by atoms with E-state index in [2.05, 4.69) is 4.98 Å². The molecule has 2 heterocycles. The molecule has 0 spiro atoms. The molecule has 5 N–H and O–H groups in total. The van der Waals surface area contributed by atoms with E-state index < -0.39 is 17.9 Å². The van der Waals surface area contributed by atoms with Crippen LogP contribution in [0.1, 0.15) is 0 Å². The van der Waals surface area contributed by atoms with Crippen LogP contribution < -0.4 is 15.6 Å². The van der Waals surface area contributed by atoms with Crippen LogP contribution in [0.3, 0.4) is 0 Å². The highest BCUT2D eigenvalue weighted by molar-refractivity contribution is 5.90. The highest BCUT2D eigenvalue weighted by Crippen LogP contribution is 2.23. The molecule has 0 bridgehead atoms. The number of carbonyl (C=O) groups excluding carboxylic acids is 1. The van der Waals surface area contributed by atoms with Crippen molar-refractivity contribution in [2.24, 2.45) is 0 Å². The fourth-order valence-corrected chi connectivity index (χ4v) is 2.03. The molecule has 9 nitrogen and oxygen atoms in total. The molecule has 0 unspecified atom stereocenters. The van der Waals surface area contributed by atoms with E-state index in [-0.39, 0.29) is 11.1 Å². The fraction of sp³-hybridized carbons (Fsp3) is 0. The van der Waals surface area contributed by atoms with Gasteiger partial charge in [0.25, 0.3) is 0 Å². The van der Waals surface area contributed by atoms with Gasteiger partial charge in [-0.15, -0.1) is 0 Å². The molecule has 118 valence electrons. The second-order valence-electron chi connectivity index (χ2n) is 4.58. The van der Waals surface area contributed by atoms with Crippen LogP contribution >= 0.6 is 0 Å². The van der Waals surface area contributed by atoms with Crippen molar-refractivity contribution in [1.82, 2.24) is 9.66 Å². The van der Waals surface area contributed by atoms with Gasteiger partial charge in [-0.25, -0.2) is 9.78 Å². The van der Waals surface area contributed by atoms with E-state index in [1.54, 1.807) is 24.3 Å². The number of rotatable bonds is 2. The standard InChI is InChI=1S/C14H12N4O5/c15-9-2-1-3-10-8(9)4-5-11(16-10)23-14(21)18(22)17-12(19)6-7-13(17)20/h1-7,19-20,22H,15H2. The van der Waals surface area contributed by atoms with Crippen LogP contribution in [0.15, 0.2) is 42.5 Å². The average molecular weight is 316 g/mol. The number of nitrogens with two attached hydrogens (primary N) is 1. The number of hydroxylamine groups is 1. The van der Waals surface area contributed by atoms with Crippen molar-refractivity contribution in [3.63, 3.8) is 0 Å². The topological polar surface area (TPSA) is 134 Å². The van der Waals surface area contributed by atoms with E-state index in [0.717, 1.165) is 12.1 Å². The Hall–Kier alpha value is -3.46. The molecule has 0 saturated carbocycles. The normalized spacial score (nSPS) is 10.7. The molecule has 3 aromatic rings. The minimum Gasteiger partial charge on any atom is -0.493 e. The number of aromatic nitrogens is 2. The van der Waals surface area contributed by atoms with E-state index in [1.807, 2.05) is 0 Å². The van der Waals surface area contributed by atoms with Crippen LogP contribution in [0.25, 0.3) is 10.9 Å². The summed E-state index contributed by atoms with van der Waals surface area (Å²) in [5.41, 5.74) is 6.83. The molecule has 2 aromatic heterocycles. The Bertz CT molecular complexity index is 873. The summed E-state index contributed by atoms with van der Waals surface area (Å²) in [5, 5.41) is 29.2. The van der Waals surface area contributed by atoms with Crippen LogP contribution in [-0.4, -0.2) is 31.2 Å². The van der Waals surface area contributed by atoms with E-state index in [9.17, 15) is 20.2 Å². The number of hydrogen-bond donors (Lipinski definition) is 4. The summed E-state index contributed by atoms with van der Waals surface area (Å²) in [7, 11) is 0. The number of anilines is 1. The molecule has 0 aliphatic rings. The third-order valence-electron chi connectivity index (χ3n) is 3.10. The second kappa shape index (κ2) is 5.39. The van der Waals surface area contributed by atoms with Gasteiger partial charge in [-0.3, -0.25) is 5.21 Å². The van der Waals surface area contributed by atoms with E-state index in [0.29, 0.717) is 21.3 Å². The molecule has 23 heavy (non-hydrogen) atoms. The number of fused-ring (bicyclic) bond motifs is 1. The summed E-state index contributed by atoms with van der Waals surface area (Å²) in [5.74, 6) is -1.19. The maximum absolute atomic E-state index is 11.9. The van der Waals surface area contributed by atoms with Gasteiger partial charge in [0.15, 0.2) is 0 Å². The first-order valence-corrected chi connectivity index (χ1v) is 6.43. The monoisotopic (exact) mass is 316 g/mol. The van der Waals surface area contributed by atoms with Crippen molar-refractivity contribution >= 4 is 22.7 Å². The van der Waals surface area contributed by atoms with Crippen molar-refractivity contribution in [2.75, 3.05) is 10.9 Å². The number of aromatic hydroxyl groups is 2. The molecule has 3 rings (SSSR count). The Morgan fingerprint density at radius 3 is 2.52 bits per heavy atom. The minimum absolute atomic E-state index is 0.0849. The Kier molecular flexibility index (Phi) is 3.39. The molecule has 9 heteroatoms. The highest BCUT2D eigenvalue weighted by atomic mass is 16.7. The maximum Gasteiger partial charge on any atom is 0.461 e. The van der Waals surface area contributed by atoms with Crippen molar-refractivity contribution < 1.29 is 25.0 Å². The van der Waals surface area contributed by atoms with Gasteiger partial charge in [-0.2, -0.15) is 4.68 Å². The van der Waals surface area contributed by atoms with Gasteiger partial charge >= 0.3 is 6.09 Å². The lowest BCUT2D eigenvalue weighted by atomic mass is 10.2. The number of pyridine rings is 1. The number of benzene rings is 1. The highest BCUT2D eigenvalue weighted by Gasteiger charge is 2.21. The summed E-state index contributed by atoms with van der Waals surface area (Å²) in [6.07, 6.45) is -1.28. The number of nitrogens with zero attached hydrogens (tertiary/aromatic N) is 3. The lowest BCUT2D eigenvalue weighted by Crippen LogP contribution is -2.39. The first kappa shape index (κ1) is 14.5. The Morgan fingerprint density at radius 1 is 1.13 bits per heavy atom. The van der Waals surface area contributed by atoms with Gasteiger partial charge in [-0.1, -0.05) is 11.2 Å². The molecule has 0 radical (unpaired) electrons. The summed E-state index contributed by atoms with van der Waals surface area (Å²) in [4.78, 5) is 16.0. The Labute approximate surface area is 129 Å². The van der Waals surface area contributed by atoms with Crippen molar-refractivity contribution in [2.45, 2.75) is 0 Å². The molecular weight excluding hydrogens is 304 g/mol. The first-order chi connectivity index (χ1) is 11.0. The second-order valence-corrected chi connectivity index (χ2v) is 4.58. The summed E-state index contributed by atoms with van der Waals surface area (Å²) in [6.45, 7) is 0. The Balaban J connectivity index is 1.85. The number of nitrogen functional groups attached to an aromatic ring is 1. The largest absolute Gasteiger partial charge is 0.493 e. The average Bonchev–Trinajstić information content (AvgIpc) is 2.85. The predicted octanol–water partition coefficient (Wildman–Crippen LogP) is 1.56. The quantitative estimate of drug-likeness (QED) is 0.320. The maximum atomic E-state index is 11.9. The van der Waals surface area contributed by atoms with Crippen molar-refractivity contribution in [3.8, 4) is 17.6 Å². The predicted molar refractivity (Wildman–Crippen MR) is 79.9 cm³/mol. The smallest absolute Gasteiger partial charge is 0.461 e. The lowest BCUT2D eigenvalue weighted by Gasteiger charge is -2.16.